The molecule has 0 unspecified atom stereocenters. The van der Waals surface area contributed by atoms with Gasteiger partial charge in [0.25, 0.3) is 0 Å². The van der Waals surface area contributed by atoms with Crippen LogP contribution in [0.3, 0.4) is 0 Å². The zero-order valence-electron chi connectivity index (χ0n) is 11.9. The fraction of sp³-hybridized carbons (Fsp3) is 0.353. The van der Waals surface area contributed by atoms with Crippen LogP contribution < -0.4 is 5.32 Å². The van der Waals surface area contributed by atoms with Crippen LogP contribution in [0.5, 0.6) is 0 Å². The number of carbonyl (C=O) groups excluding carboxylic acids is 1. The van der Waals surface area contributed by atoms with E-state index in [1.807, 2.05) is 32.9 Å². The molecule has 0 fully saturated rings. The Morgan fingerprint density at radius 3 is 2.47 bits per heavy atom. The van der Waals surface area contributed by atoms with E-state index in [2.05, 4.69) is 35.6 Å². The molecule has 100 valence electrons. The number of benzene rings is 2. The van der Waals surface area contributed by atoms with E-state index in [0.717, 1.165) is 6.42 Å². The fourth-order valence-corrected chi connectivity index (χ4v) is 2.24. The Kier molecular flexibility index (Phi) is 3.89. The summed E-state index contributed by atoms with van der Waals surface area (Å²) in [6, 6.07) is 14.6. The van der Waals surface area contributed by atoms with Crippen molar-refractivity contribution in [1.29, 1.82) is 0 Å². The number of carbonyl (C=O) groups is 1. The van der Waals surface area contributed by atoms with Gasteiger partial charge in [-0.2, -0.15) is 0 Å². The van der Waals surface area contributed by atoms with Crippen molar-refractivity contribution >= 4 is 16.7 Å². The van der Waals surface area contributed by atoms with Gasteiger partial charge in [-0.25, -0.2) is 0 Å². The average Bonchev–Trinajstić information content (AvgIpc) is 2.34. The number of fused-ring (bicyclic) bond motifs is 1. The maximum atomic E-state index is 11.9. The van der Waals surface area contributed by atoms with Crippen LogP contribution in [-0.4, -0.2) is 11.4 Å². The number of rotatable bonds is 3. The molecule has 2 heteroatoms. The molecule has 0 radical (unpaired) electrons. The molecule has 2 aromatic rings. The summed E-state index contributed by atoms with van der Waals surface area (Å²) in [5, 5.41) is 5.48. The number of hydrogen-bond acceptors (Lipinski definition) is 1. The van der Waals surface area contributed by atoms with Gasteiger partial charge in [0.1, 0.15) is 0 Å². The van der Waals surface area contributed by atoms with Crippen molar-refractivity contribution in [3.63, 3.8) is 0 Å². The third-order valence-electron chi connectivity index (χ3n) is 3.02. The molecule has 0 aliphatic carbocycles. The fourth-order valence-electron chi connectivity index (χ4n) is 2.24. The van der Waals surface area contributed by atoms with Crippen molar-refractivity contribution in [2.45, 2.75) is 39.2 Å². The van der Waals surface area contributed by atoms with Crippen LogP contribution in [0.1, 0.15) is 32.8 Å². The summed E-state index contributed by atoms with van der Waals surface area (Å²) in [6.45, 7) is 6.01. The monoisotopic (exact) mass is 255 g/mol. The number of hydrogen-bond donors (Lipinski definition) is 1. The molecule has 0 spiro atoms. The van der Waals surface area contributed by atoms with E-state index in [4.69, 9.17) is 0 Å². The molecule has 0 aliphatic rings. The van der Waals surface area contributed by atoms with Crippen molar-refractivity contribution in [2.75, 3.05) is 0 Å². The van der Waals surface area contributed by atoms with Crippen molar-refractivity contribution in [3.8, 4) is 0 Å². The van der Waals surface area contributed by atoms with Crippen LogP contribution in [0.2, 0.25) is 0 Å². The quantitative estimate of drug-likeness (QED) is 0.890. The van der Waals surface area contributed by atoms with Gasteiger partial charge < -0.3 is 5.32 Å². The topological polar surface area (TPSA) is 29.1 Å². The van der Waals surface area contributed by atoms with Gasteiger partial charge in [0, 0.05) is 12.0 Å². The molecular formula is C17H21NO. The van der Waals surface area contributed by atoms with Gasteiger partial charge in [0.15, 0.2) is 0 Å². The molecule has 1 amide bonds. The Morgan fingerprint density at radius 2 is 1.74 bits per heavy atom. The average molecular weight is 255 g/mol. The predicted octanol–water partition coefficient (Wildman–Crippen LogP) is 3.69. The summed E-state index contributed by atoms with van der Waals surface area (Å²) >= 11 is 0. The number of nitrogens with one attached hydrogen (secondary N) is 1. The Balaban J connectivity index is 2.08. The minimum absolute atomic E-state index is 0.112. The molecule has 0 aromatic heterocycles. The SMILES string of the molecule is CC(C)(C)NC(=O)CCc1cccc2ccccc12. The highest BCUT2D eigenvalue weighted by molar-refractivity contribution is 5.86. The van der Waals surface area contributed by atoms with E-state index in [1.165, 1.54) is 16.3 Å². The van der Waals surface area contributed by atoms with Crippen molar-refractivity contribution in [3.05, 3.63) is 48.0 Å². The predicted molar refractivity (Wildman–Crippen MR) is 80.2 cm³/mol. The lowest BCUT2D eigenvalue weighted by Gasteiger charge is -2.20. The molecule has 19 heavy (non-hydrogen) atoms. The van der Waals surface area contributed by atoms with Gasteiger partial charge >= 0.3 is 0 Å². The number of amides is 1. The first-order valence-corrected chi connectivity index (χ1v) is 6.73. The normalized spacial score (nSPS) is 11.5. The van der Waals surface area contributed by atoms with E-state index in [1.54, 1.807) is 0 Å². The standard InChI is InChI=1S/C17H21NO/c1-17(2,3)18-16(19)12-11-14-9-6-8-13-7-4-5-10-15(13)14/h4-10H,11-12H2,1-3H3,(H,18,19). The Hall–Kier alpha value is -1.83. The van der Waals surface area contributed by atoms with E-state index in [-0.39, 0.29) is 11.4 Å². The maximum Gasteiger partial charge on any atom is 0.220 e. The molecule has 0 bridgehead atoms. The zero-order valence-corrected chi connectivity index (χ0v) is 11.9. The van der Waals surface area contributed by atoms with Gasteiger partial charge in [-0.15, -0.1) is 0 Å². The Bertz CT molecular complexity index is 576. The molecule has 0 saturated carbocycles. The zero-order chi connectivity index (χ0) is 13.9. The lowest BCUT2D eigenvalue weighted by molar-refractivity contribution is -0.122. The molecular weight excluding hydrogens is 234 g/mol. The Labute approximate surface area is 114 Å². The van der Waals surface area contributed by atoms with E-state index in [9.17, 15) is 4.79 Å². The second-order valence-corrected chi connectivity index (χ2v) is 5.94. The van der Waals surface area contributed by atoms with Crippen LogP contribution in [0.15, 0.2) is 42.5 Å². The second-order valence-electron chi connectivity index (χ2n) is 5.94. The molecule has 2 nitrogen and oxygen atoms in total. The van der Waals surface area contributed by atoms with Crippen LogP contribution in [0.25, 0.3) is 10.8 Å². The highest BCUT2D eigenvalue weighted by Gasteiger charge is 2.13. The first-order valence-electron chi connectivity index (χ1n) is 6.73. The van der Waals surface area contributed by atoms with Gasteiger partial charge in [0.05, 0.1) is 0 Å². The first-order chi connectivity index (χ1) is 8.96. The molecule has 0 atom stereocenters. The summed E-state index contributed by atoms with van der Waals surface area (Å²) in [7, 11) is 0. The lowest BCUT2D eigenvalue weighted by atomic mass is 10.0. The Morgan fingerprint density at radius 1 is 1.05 bits per heavy atom. The van der Waals surface area contributed by atoms with Crippen LogP contribution in [0.4, 0.5) is 0 Å². The van der Waals surface area contributed by atoms with Crippen molar-refractivity contribution in [2.24, 2.45) is 0 Å². The van der Waals surface area contributed by atoms with Crippen molar-refractivity contribution in [1.82, 2.24) is 5.32 Å². The van der Waals surface area contributed by atoms with Gasteiger partial charge in [-0.05, 0) is 43.5 Å². The molecule has 0 saturated heterocycles. The van der Waals surface area contributed by atoms with Gasteiger partial charge in [-0.1, -0.05) is 42.5 Å². The van der Waals surface area contributed by atoms with Gasteiger partial charge in [-0.3, -0.25) is 4.79 Å². The van der Waals surface area contributed by atoms with Crippen LogP contribution in [-0.2, 0) is 11.2 Å². The highest BCUT2D eigenvalue weighted by Crippen LogP contribution is 2.19. The van der Waals surface area contributed by atoms with Crippen LogP contribution in [0, 0.1) is 0 Å². The van der Waals surface area contributed by atoms with E-state index < -0.39 is 0 Å². The van der Waals surface area contributed by atoms with Gasteiger partial charge in [0.2, 0.25) is 5.91 Å². The summed E-state index contributed by atoms with van der Waals surface area (Å²) in [5.74, 6) is 0.112. The highest BCUT2D eigenvalue weighted by atomic mass is 16.1. The van der Waals surface area contributed by atoms with E-state index in [0.29, 0.717) is 6.42 Å². The van der Waals surface area contributed by atoms with Crippen molar-refractivity contribution < 1.29 is 4.79 Å². The lowest BCUT2D eigenvalue weighted by Crippen LogP contribution is -2.40. The second kappa shape index (κ2) is 5.43. The minimum Gasteiger partial charge on any atom is -0.351 e. The largest absolute Gasteiger partial charge is 0.351 e. The third-order valence-corrected chi connectivity index (χ3v) is 3.02. The smallest absolute Gasteiger partial charge is 0.220 e. The molecule has 0 heterocycles. The third kappa shape index (κ3) is 3.82. The first kappa shape index (κ1) is 13.6. The molecule has 1 N–H and O–H groups in total. The summed E-state index contributed by atoms with van der Waals surface area (Å²) in [4.78, 5) is 11.9. The maximum absolute atomic E-state index is 11.9. The molecule has 2 aromatic carbocycles. The summed E-state index contributed by atoms with van der Waals surface area (Å²) in [6.07, 6.45) is 1.31. The number of aryl methyl sites for hydroxylation is 1. The summed E-state index contributed by atoms with van der Waals surface area (Å²) in [5.41, 5.74) is 1.08. The van der Waals surface area contributed by atoms with E-state index >= 15 is 0 Å². The minimum atomic E-state index is -0.157. The summed E-state index contributed by atoms with van der Waals surface area (Å²) < 4.78 is 0. The van der Waals surface area contributed by atoms with Crippen LogP contribution >= 0.6 is 0 Å². The molecule has 2 rings (SSSR count). The molecule has 0 aliphatic heterocycles.